The van der Waals surface area contributed by atoms with Crippen LogP contribution in [-0.2, 0) is 9.59 Å². The van der Waals surface area contributed by atoms with Crippen molar-refractivity contribution in [3.63, 3.8) is 0 Å². The molecule has 1 aliphatic rings. The van der Waals surface area contributed by atoms with E-state index in [1.807, 2.05) is 49.4 Å². The Morgan fingerprint density at radius 1 is 0.900 bits per heavy atom. The molecule has 1 N–H and O–H groups in total. The van der Waals surface area contributed by atoms with Gasteiger partial charge in [-0.1, -0.05) is 48.0 Å². The largest absolute Gasteiger partial charge is 0.494 e. The number of imide groups is 1. The molecular formula is C24H19ClN2O3. The first kappa shape index (κ1) is 19.7. The van der Waals surface area contributed by atoms with Crippen molar-refractivity contribution in [2.75, 3.05) is 16.8 Å². The summed E-state index contributed by atoms with van der Waals surface area (Å²) in [6.45, 7) is 2.48. The highest BCUT2D eigenvalue weighted by Crippen LogP contribution is 2.34. The third-order valence-corrected chi connectivity index (χ3v) is 4.88. The molecule has 30 heavy (non-hydrogen) atoms. The second-order valence-electron chi connectivity index (χ2n) is 6.62. The predicted molar refractivity (Wildman–Crippen MR) is 119 cm³/mol. The molecular weight excluding hydrogens is 400 g/mol. The molecule has 6 heteroatoms. The minimum Gasteiger partial charge on any atom is -0.494 e. The molecule has 0 saturated heterocycles. The first-order valence-electron chi connectivity index (χ1n) is 9.52. The van der Waals surface area contributed by atoms with Crippen LogP contribution < -0.4 is 15.0 Å². The Morgan fingerprint density at radius 3 is 2.30 bits per heavy atom. The second-order valence-corrected chi connectivity index (χ2v) is 7.06. The summed E-state index contributed by atoms with van der Waals surface area (Å²) >= 11 is 6.09. The Bertz CT molecular complexity index is 1120. The van der Waals surface area contributed by atoms with Crippen LogP contribution >= 0.6 is 11.6 Å². The number of carbonyl (C=O) groups excluding carboxylic acids is 2. The monoisotopic (exact) mass is 418 g/mol. The van der Waals surface area contributed by atoms with Crippen molar-refractivity contribution < 1.29 is 14.3 Å². The van der Waals surface area contributed by atoms with Gasteiger partial charge in [-0.25, -0.2) is 4.90 Å². The maximum Gasteiger partial charge on any atom is 0.282 e. The molecule has 4 rings (SSSR count). The predicted octanol–water partition coefficient (Wildman–Crippen LogP) is 5.14. The number of amides is 2. The fraction of sp³-hybridized carbons (Fsp3) is 0.0833. The molecule has 0 unspecified atom stereocenters. The number of ether oxygens (including phenoxy) is 1. The summed E-state index contributed by atoms with van der Waals surface area (Å²) < 4.78 is 5.46. The zero-order valence-corrected chi connectivity index (χ0v) is 17.0. The van der Waals surface area contributed by atoms with Crippen LogP contribution in [0.3, 0.4) is 0 Å². The fourth-order valence-corrected chi connectivity index (χ4v) is 3.50. The molecule has 1 heterocycles. The third-order valence-electron chi connectivity index (χ3n) is 4.65. The van der Waals surface area contributed by atoms with E-state index in [-0.39, 0.29) is 5.70 Å². The van der Waals surface area contributed by atoms with Crippen LogP contribution in [0.2, 0.25) is 5.02 Å². The minimum atomic E-state index is -0.435. The van der Waals surface area contributed by atoms with Crippen LogP contribution in [0, 0.1) is 0 Å². The van der Waals surface area contributed by atoms with Gasteiger partial charge in [0.2, 0.25) is 0 Å². The molecule has 5 nitrogen and oxygen atoms in total. The smallest absolute Gasteiger partial charge is 0.282 e. The van der Waals surface area contributed by atoms with E-state index in [1.54, 1.807) is 36.4 Å². The lowest BCUT2D eigenvalue weighted by Crippen LogP contribution is -2.32. The van der Waals surface area contributed by atoms with E-state index >= 15 is 0 Å². The number of halogens is 1. The fourth-order valence-electron chi connectivity index (χ4n) is 3.31. The number of nitrogens with one attached hydrogen (secondary N) is 1. The first-order valence-corrected chi connectivity index (χ1v) is 9.90. The van der Waals surface area contributed by atoms with Crippen molar-refractivity contribution >= 4 is 40.4 Å². The van der Waals surface area contributed by atoms with Crippen molar-refractivity contribution in [3.05, 3.63) is 95.1 Å². The highest BCUT2D eigenvalue weighted by Gasteiger charge is 2.40. The zero-order chi connectivity index (χ0) is 21.1. The quantitative estimate of drug-likeness (QED) is 0.563. The van der Waals surface area contributed by atoms with Gasteiger partial charge in [-0.2, -0.15) is 0 Å². The maximum absolute atomic E-state index is 13.3. The molecule has 150 valence electrons. The molecule has 1 aliphatic heterocycles. The molecule has 0 saturated carbocycles. The van der Waals surface area contributed by atoms with E-state index in [9.17, 15) is 9.59 Å². The number of anilines is 2. The average Bonchev–Trinajstić information content (AvgIpc) is 3.00. The van der Waals surface area contributed by atoms with Crippen LogP contribution in [0.15, 0.2) is 84.6 Å². The van der Waals surface area contributed by atoms with E-state index in [1.165, 1.54) is 0 Å². The molecule has 3 aromatic carbocycles. The van der Waals surface area contributed by atoms with Crippen molar-refractivity contribution in [1.29, 1.82) is 0 Å². The molecule has 2 amide bonds. The second kappa shape index (κ2) is 8.43. The van der Waals surface area contributed by atoms with E-state index < -0.39 is 11.8 Å². The number of nitrogens with zero attached hydrogens (tertiary/aromatic N) is 1. The van der Waals surface area contributed by atoms with Crippen molar-refractivity contribution in [1.82, 2.24) is 0 Å². The summed E-state index contributed by atoms with van der Waals surface area (Å²) in [6.07, 6.45) is 0. The highest BCUT2D eigenvalue weighted by atomic mass is 35.5. The van der Waals surface area contributed by atoms with Gasteiger partial charge in [-0.05, 0) is 55.0 Å². The van der Waals surface area contributed by atoms with E-state index in [0.29, 0.717) is 34.1 Å². The lowest BCUT2D eigenvalue weighted by atomic mass is 10.0. The first-order chi connectivity index (χ1) is 14.6. The van der Waals surface area contributed by atoms with Crippen LogP contribution in [0.1, 0.15) is 12.5 Å². The Morgan fingerprint density at radius 2 is 1.63 bits per heavy atom. The minimum absolute atomic E-state index is 0.218. The number of hydrogen-bond acceptors (Lipinski definition) is 4. The van der Waals surface area contributed by atoms with Gasteiger partial charge in [0.1, 0.15) is 11.4 Å². The normalized spacial score (nSPS) is 13.7. The summed E-state index contributed by atoms with van der Waals surface area (Å²) in [5.74, 6) is -0.105. The van der Waals surface area contributed by atoms with Crippen LogP contribution in [0.4, 0.5) is 11.4 Å². The van der Waals surface area contributed by atoms with Crippen molar-refractivity contribution in [3.8, 4) is 5.75 Å². The summed E-state index contributed by atoms with van der Waals surface area (Å²) in [7, 11) is 0. The number of carbonyl (C=O) groups is 2. The molecule has 0 fully saturated rings. The van der Waals surface area contributed by atoms with E-state index in [0.717, 1.165) is 10.6 Å². The number of benzene rings is 3. The van der Waals surface area contributed by atoms with Gasteiger partial charge in [0.25, 0.3) is 11.8 Å². The standard InChI is InChI=1S/C24H19ClN2O3/c1-2-30-20-13-11-18(12-14-20)26-22-21(16-7-4-3-5-8-16)23(28)27(24(22)29)19-10-6-9-17(25)15-19/h3-15,26H,2H2,1H3. The average molecular weight is 419 g/mol. The van der Waals surface area contributed by atoms with Gasteiger partial charge in [0.15, 0.2) is 0 Å². The molecule has 0 bridgehead atoms. The maximum atomic E-state index is 13.3. The lowest BCUT2D eigenvalue weighted by molar-refractivity contribution is -0.120. The molecule has 0 aliphatic carbocycles. The molecule has 0 radical (unpaired) electrons. The Labute approximate surface area is 179 Å². The Hall–Kier alpha value is -3.57. The molecule has 0 spiro atoms. The van der Waals surface area contributed by atoms with E-state index in [4.69, 9.17) is 16.3 Å². The summed E-state index contributed by atoms with van der Waals surface area (Å²) in [5, 5.41) is 3.58. The van der Waals surface area contributed by atoms with Gasteiger partial charge in [0.05, 0.1) is 17.9 Å². The zero-order valence-electron chi connectivity index (χ0n) is 16.3. The van der Waals surface area contributed by atoms with Gasteiger partial charge in [-0.3, -0.25) is 9.59 Å². The Kier molecular flexibility index (Phi) is 5.55. The van der Waals surface area contributed by atoms with Crippen LogP contribution in [0.5, 0.6) is 5.75 Å². The third kappa shape index (κ3) is 3.80. The Balaban J connectivity index is 1.75. The van der Waals surface area contributed by atoms with E-state index in [2.05, 4.69) is 5.32 Å². The number of rotatable bonds is 6. The van der Waals surface area contributed by atoms with Crippen molar-refractivity contribution in [2.45, 2.75) is 6.92 Å². The van der Waals surface area contributed by atoms with Crippen molar-refractivity contribution in [2.24, 2.45) is 0 Å². The molecule has 0 atom stereocenters. The number of hydrogen-bond donors (Lipinski definition) is 1. The summed E-state index contributed by atoms with van der Waals surface area (Å²) in [5.41, 5.74) is 2.30. The highest BCUT2D eigenvalue weighted by molar-refractivity contribution is 6.46. The van der Waals surface area contributed by atoms with Crippen LogP contribution in [0.25, 0.3) is 5.57 Å². The topological polar surface area (TPSA) is 58.6 Å². The molecule has 3 aromatic rings. The summed E-state index contributed by atoms with van der Waals surface area (Å²) in [6, 6.07) is 23.1. The van der Waals surface area contributed by atoms with Gasteiger partial charge >= 0.3 is 0 Å². The van der Waals surface area contributed by atoms with Gasteiger partial charge < -0.3 is 10.1 Å². The lowest BCUT2D eigenvalue weighted by Gasteiger charge is -2.15. The summed E-state index contributed by atoms with van der Waals surface area (Å²) in [4.78, 5) is 27.8. The van der Waals surface area contributed by atoms with Gasteiger partial charge in [-0.15, -0.1) is 0 Å². The van der Waals surface area contributed by atoms with Crippen LogP contribution in [-0.4, -0.2) is 18.4 Å². The molecule has 0 aromatic heterocycles. The van der Waals surface area contributed by atoms with Gasteiger partial charge in [0, 0.05) is 10.7 Å². The SMILES string of the molecule is CCOc1ccc(NC2=C(c3ccccc3)C(=O)N(c3cccc(Cl)c3)C2=O)cc1.